The Morgan fingerprint density at radius 2 is 2.09 bits per heavy atom. The molecule has 0 bridgehead atoms. The van der Waals surface area contributed by atoms with Crippen LogP contribution in [0.1, 0.15) is 38.5 Å². The first-order valence-corrected chi connectivity index (χ1v) is 10.4. The highest BCUT2D eigenvalue weighted by Crippen LogP contribution is 2.39. The van der Waals surface area contributed by atoms with Gasteiger partial charge in [-0.05, 0) is 25.2 Å². The number of thiophene rings is 1. The first-order chi connectivity index (χ1) is 10.8. The normalized spacial score (nSPS) is 17.8. The summed E-state index contributed by atoms with van der Waals surface area (Å²) in [6.45, 7) is -0.00767. The SMILES string of the molecule is CS(=O)(=O)c1cc([N+](=O)[O-])c(NC(CCO)C2CCCCC2)s1. The number of nitro groups is 1. The van der Waals surface area contributed by atoms with Crippen molar-refractivity contribution in [3.8, 4) is 0 Å². The van der Waals surface area contributed by atoms with Gasteiger partial charge in [0.25, 0.3) is 0 Å². The maximum absolute atomic E-state index is 11.7. The second-order valence-corrected chi connectivity index (χ2v) is 9.27. The van der Waals surface area contributed by atoms with Crippen molar-refractivity contribution in [2.24, 2.45) is 5.92 Å². The van der Waals surface area contributed by atoms with E-state index in [2.05, 4.69) is 5.32 Å². The number of nitrogens with one attached hydrogen (secondary N) is 1. The van der Waals surface area contributed by atoms with E-state index in [1.54, 1.807) is 0 Å². The van der Waals surface area contributed by atoms with Crippen LogP contribution in [0.2, 0.25) is 0 Å². The Balaban J connectivity index is 2.27. The second-order valence-electron chi connectivity index (χ2n) is 5.97. The third-order valence-electron chi connectivity index (χ3n) is 4.23. The average Bonchev–Trinajstić information content (AvgIpc) is 2.92. The summed E-state index contributed by atoms with van der Waals surface area (Å²) in [5, 5.41) is 23.9. The molecule has 0 aromatic carbocycles. The van der Waals surface area contributed by atoms with Gasteiger partial charge < -0.3 is 10.4 Å². The van der Waals surface area contributed by atoms with Crippen molar-refractivity contribution in [3.63, 3.8) is 0 Å². The molecule has 1 unspecified atom stereocenters. The third kappa shape index (κ3) is 4.65. The number of aliphatic hydroxyl groups excluding tert-OH is 1. The molecule has 2 rings (SSSR count). The summed E-state index contributed by atoms with van der Waals surface area (Å²) >= 11 is 0.891. The molecular weight excluding hydrogens is 340 g/mol. The molecule has 0 radical (unpaired) electrons. The molecule has 9 heteroatoms. The van der Waals surface area contributed by atoms with Gasteiger partial charge in [-0.1, -0.05) is 30.6 Å². The van der Waals surface area contributed by atoms with Crippen LogP contribution >= 0.6 is 11.3 Å². The molecule has 7 nitrogen and oxygen atoms in total. The van der Waals surface area contributed by atoms with Gasteiger partial charge in [0.2, 0.25) is 0 Å². The number of hydrogen-bond acceptors (Lipinski definition) is 7. The van der Waals surface area contributed by atoms with E-state index >= 15 is 0 Å². The highest BCUT2D eigenvalue weighted by molar-refractivity contribution is 7.92. The molecule has 1 atom stereocenters. The molecule has 0 saturated heterocycles. The van der Waals surface area contributed by atoms with Crippen LogP contribution in [0.25, 0.3) is 0 Å². The quantitative estimate of drug-likeness (QED) is 0.570. The van der Waals surface area contributed by atoms with Crippen molar-refractivity contribution in [2.75, 3.05) is 18.2 Å². The predicted octanol–water partition coefficient (Wildman–Crippen LogP) is 2.80. The molecule has 1 saturated carbocycles. The lowest BCUT2D eigenvalue weighted by Crippen LogP contribution is -2.31. The Labute approximate surface area is 139 Å². The van der Waals surface area contributed by atoms with Gasteiger partial charge in [-0.25, -0.2) is 8.42 Å². The Bertz CT molecular complexity index is 650. The fourth-order valence-electron chi connectivity index (χ4n) is 3.05. The van der Waals surface area contributed by atoms with Crippen LogP contribution in [0.5, 0.6) is 0 Å². The maximum atomic E-state index is 11.7. The summed E-state index contributed by atoms with van der Waals surface area (Å²) in [5.41, 5.74) is -0.214. The van der Waals surface area contributed by atoms with Gasteiger partial charge in [-0.2, -0.15) is 0 Å². The van der Waals surface area contributed by atoms with Crippen LogP contribution in [0.3, 0.4) is 0 Å². The summed E-state index contributed by atoms with van der Waals surface area (Å²) in [7, 11) is -3.49. The Morgan fingerprint density at radius 3 is 2.61 bits per heavy atom. The van der Waals surface area contributed by atoms with E-state index in [-0.39, 0.29) is 27.5 Å². The summed E-state index contributed by atoms with van der Waals surface area (Å²) < 4.78 is 23.3. The number of rotatable bonds is 7. The summed E-state index contributed by atoms with van der Waals surface area (Å²) in [6.07, 6.45) is 7.02. The van der Waals surface area contributed by atoms with Gasteiger partial charge >= 0.3 is 5.69 Å². The van der Waals surface area contributed by atoms with Gasteiger partial charge in [0, 0.05) is 25.0 Å². The molecule has 23 heavy (non-hydrogen) atoms. The fourth-order valence-corrected chi connectivity index (χ4v) is 5.05. The van der Waals surface area contributed by atoms with Crippen molar-refractivity contribution in [1.29, 1.82) is 0 Å². The van der Waals surface area contributed by atoms with E-state index in [0.717, 1.165) is 49.3 Å². The third-order valence-corrected chi connectivity index (χ3v) is 7.08. The molecule has 1 fully saturated rings. The van der Waals surface area contributed by atoms with Gasteiger partial charge in [0.1, 0.15) is 4.21 Å². The minimum Gasteiger partial charge on any atom is -0.396 e. The average molecular weight is 362 g/mol. The minimum atomic E-state index is -3.49. The number of hydrogen-bond donors (Lipinski definition) is 2. The maximum Gasteiger partial charge on any atom is 0.304 e. The van der Waals surface area contributed by atoms with Gasteiger partial charge in [-0.3, -0.25) is 10.1 Å². The summed E-state index contributed by atoms with van der Waals surface area (Å²) in [4.78, 5) is 10.6. The molecule has 130 valence electrons. The van der Waals surface area contributed by atoms with E-state index in [4.69, 9.17) is 0 Å². The van der Waals surface area contributed by atoms with Crippen molar-refractivity contribution in [1.82, 2.24) is 0 Å². The molecule has 1 aromatic rings. The summed E-state index contributed by atoms with van der Waals surface area (Å²) in [5.74, 6) is 0.347. The van der Waals surface area contributed by atoms with Crippen LogP contribution in [0.4, 0.5) is 10.7 Å². The number of sulfone groups is 1. The predicted molar refractivity (Wildman–Crippen MR) is 89.8 cm³/mol. The lowest BCUT2D eigenvalue weighted by atomic mass is 9.83. The van der Waals surface area contributed by atoms with E-state index in [0.29, 0.717) is 12.3 Å². The first-order valence-electron chi connectivity index (χ1n) is 7.68. The molecule has 0 aliphatic heterocycles. The van der Waals surface area contributed by atoms with Crippen LogP contribution in [0, 0.1) is 16.0 Å². The van der Waals surface area contributed by atoms with Crippen molar-refractivity contribution < 1.29 is 18.4 Å². The number of nitrogens with zero attached hydrogens (tertiary/aromatic N) is 1. The fraction of sp³-hybridized carbons (Fsp3) is 0.714. The zero-order valence-electron chi connectivity index (χ0n) is 13.0. The van der Waals surface area contributed by atoms with Crippen LogP contribution in [-0.2, 0) is 9.84 Å². The number of anilines is 1. The minimum absolute atomic E-state index is 0.00767. The number of aliphatic hydroxyl groups is 1. The first kappa shape index (κ1) is 18.2. The van der Waals surface area contributed by atoms with E-state index in [1.165, 1.54) is 6.42 Å². The molecule has 0 amide bonds. The summed E-state index contributed by atoms with van der Waals surface area (Å²) in [6, 6.07) is 1.03. The van der Waals surface area contributed by atoms with Crippen molar-refractivity contribution >= 4 is 31.9 Å². The zero-order valence-corrected chi connectivity index (χ0v) is 14.7. The Hall–Kier alpha value is -1.19. The van der Waals surface area contributed by atoms with Gasteiger partial charge in [0.15, 0.2) is 14.8 Å². The van der Waals surface area contributed by atoms with Crippen molar-refractivity contribution in [3.05, 3.63) is 16.2 Å². The molecule has 0 spiro atoms. The lowest BCUT2D eigenvalue weighted by Gasteiger charge is -2.30. The molecule has 2 N–H and O–H groups in total. The zero-order chi connectivity index (χ0) is 17.0. The highest BCUT2D eigenvalue weighted by Gasteiger charge is 2.29. The molecule has 1 heterocycles. The highest BCUT2D eigenvalue weighted by atomic mass is 32.2. The monoisotopic (exact) mass is 362 g/mol. The molecule has 1 aliphatic carbocycles. The van der Waals surface area contributed by atoms with E-state index in [9.17, 15) is 23.6 Å². The van der Waals surface area contributed by atoms with E-state index in [1.807, 2.05) is 0 Å². The van der Waals surface area contributed by atoms with Crippen LogP contribution < -0.4 is 5.32 Å². The van der Waals surface area contributed by atoms with Crippen LogP contribution in [0.15, 0.2) is 10.3 Å². The van der Waals surface area contributed by atoms with E-state index < -0.39 is 14.8 Å². The van der Waals surface area contributed by atoms with Gasteiger partial charge in [0.05, 0.1) is 4.92 Å². The largest absolute Gasteiger partial charge is 0.396 e. The van der Waals surface area contributed by atoms with Crippen LogP contribution in [-0.4, -0.2) is 37.4 Å². The van der Waals surface area contributed by atoms with Crippen molar-refractivity contribution in [2.45, 2.75) is 48.8 Å². The smallest absolute Gasteiger partial charge is 0.304 e. The lowest BCUT2D eigenvalue weighted by molar-refractivity contribution is -0.383. The molecule has 1 aliphatic rings. The topological polar surface area (TPSA) is 110 Å². The van der Waals surface area contributed by atoms with Gasteiger partial charge in [-0.15, -0.1) is 0 Å². The molecular formula is C14H22N2O5S2. The molecule has 1 aromatic heterocycles. The Morgan fingerprint density at radius 1 is 1.43 bits per heavy atom. The second kappa shape index (κ2) is 7.59. The Kier molecular flexibility index (Phi) is 5.99. The standard InChI is InChI=1S/C14H22N2O5S2/c1-23(20,21)13-9-12(16(18)19)14(22-13)15-11(7-8-17)10-5-3-2-4-6-10/h9-11,15,17H,2-8H2,1H3.